The van der Waals surface area contributed by atoms with Crippen molar-refractivity contribution in [2.45, 2.75) is 19.3 Å². The molecule has 0 spiro atoms. The maximum atomic E-state index is 2.45. The number of hydrogen-bond donors (Lipinski definition) is 0. The van der Waals surface area contributed by atoms with Crippen LogP contribution in [-0.4, -0.2) is 0 Å². The average Bonchev–Trinajstić information content (AvgIpc) is 3.43. The predicted octanol–water partition coefficient (Wildman–Crippen LogP) is 14.1. The van der Waals surface area contributed by atoms with E-state index in [1.165, 1.54) is 99.1 Å². The molecule has 0 N–H and O–H groups in total. The minimum Gasteiger partial charge on any atom is -0.0622 e. The first-order valence-corrected chi connectivity index (χ1v) is 17.9. The third-order valence-corrected chi connectivity index (χ3v) is 11.3. The Balaban J connectivity index is 1.41. The van der Waals surface area contributed by atoms with E-state index in [0.29, 0.717) is 0 Å². The zero-order valence-electron chi connectivity index (χ0n) is 28.8. The van der Waals surface area contributed by atoms with Gasteiger partial charge in [-0.25, -0.2) is 0 Å². The topological polar surface area (TPSA) is 0 Å². The molecule has 0 fully saturated rings. The molecule has 0 amide bonds. The van der Waals surface area contributed by atoms with Gasteiger partial charge in [0.1, 0.15) is 0 Å². The van der Waals surface area contributed by atoms with E-state index in [9.17, 15) is 0 Å². The van der Waals surface area contributed by atoms with Crippen molar-refractivity contribution in [3.05, 3.63) is 193 Å². The second kappa shape index (κ2) is 11.4. The smallest absolute Gasteiger partial charge is 0.0159 e. The second-order valence-electron chi connectivity index (χ2n) is 14.4. The van der Waals surface area contributed by atoms with Gasteiger partial charge in [-0.1, -0.05) is 190 Å². The summed E-state index contributed by atoms with van der Waals surface area (Å²) in [5, 5.41) is 7.58. The molecule has 0 nitrogen and oxygen atoms in total. The molecule has 1 aliphatic rings. The van der Waals surface area contributed by atoms with E-state index >= 15 is 0 Å². The summed E-state index contributed by atoms with van der Waals surface area (Å²) in [6.45, 7) is 4.75. The normalized spacial score (nSPS) is 13.1. The molecule has 0 heteroatoms. The Hall–Kier alpha value is -6.24. The van der Waals surface area contributed by atoms with Crippen LogP contribution >= 0.6 is 0 Å². The standard InChI is InChI=1S/C51H36/c1-51(2)45-26-14-13-24-42(45)48-43(25-15-27-46(48)51)47-39-22-11-12-23-40(39)50(41-31-29-36(32-44(41)47)33-16-5-3-6-17-33)49-37-21-10-9-20-35(37)28-30-38(49)34-18-7-4-8-19-34/h3-32H,1-2H3. The Kier molecular flexibility index (Phi) is 6.63. The molecule has 1 aliphatic carbocycles. The Labute approximate surface area is 299 Å². The van der Waals surface area contributed by atoms with Crippen molar-refractivity contribution < 1.29 is 0 Å². The van der Waals surface area contributed by atoms with Gasteiger partial charge in [-0.15, -0.1) is 0 Å². The average molecular weight is 649 g/mol. The number of hydrogen-bond acceptors (Lipinski definition) is 0. The van der Waals surface area contributed by atoms with Crippen LogP contribution < -0.4 is 0 Å². The molecule has 240 valence electrons. The molecule has 9 aromatic rings. The maximum Gasteiger partial charge on any atom is 0.0159 e. The van der Waals surface area contributed by atoms with Crippen LogP contribution in [0.2, 0.25) is 0 Å². The molecule has 10 rings (SSSR count). The van der Waals surface area contributed by atoms with E-state index in [-0.39, 0.29) is 5.41 Å². The van der Waals surface area contributed by atoms with Gasteiger partial charge >= 0.3 is 0 Å². The molecular weight excluding hydrogens is 613 g/mol. The van der Waals surface area contributed by atoms with Crippen LogP contribution in [0, 0.1) is 0 Å². The highest BCUT2D eigenvalue weighted by molar-refractivity contribution is 6.26. The minimum atomic E-state index is -0.0871. The van der Waals surface area contributed by atoms with E-state index in [2.05, 4.69) is 196 Å². The van der Waals surface area contributed by atoms with Crippen molar-refractivity contribution in [3.8, 4) is 55.6 Å². The molecule has 0 saturated heterocycles. The Morgan fingerprint density at radius 2 is 0.882 bits per heavy atom. The second-order valence-corrected chi connectivity index (χ2v) is 14.4. The van der Waals surface area contributed by atoms with Gasteiger partial charge in [0.15, 0.2) is 0 Å². The summed E-state index contributed by atoms with van der Waals surface area (Å²) >= 11 is 0. The van der Waals surface area contributed by atoms with Crippen LogP contribution in [0.5, 0.6) is 0 Å². The summed E-state index contributed by atoms with van der Waals surface area (Å²) in [6.07, 6.45) is 0. The van der Waals surface area contributed by atoms with Crippen molar-refractivity contribution in [3.63, 3.8) is 0 Å². The molecule has 0 aromatic heterocycles. The third kappa shape index (κ3) is 4.46. The van der Waals surface area contributed by atoms with E-state index in [0.717, 1.165) is 0 Å². The summed E-state index contributed by atoms with van der Waals surface area (Å²) in [7, 11) is 0. The van der Waals surface area contributed by atoms with Crippen LogP contribution in [-0.2, 0) is 5.41 Å². The molecule has 51 heavy (non-hydrogen) atoms. The van der Waals surface area contributed by atoms with E-state index in [1.54, 1.807) is 0 Å². The maximum absolute atomic E-state index is 2.45. The van der Waals surface area contributed by atoms with Gasteiger partial charge in [0.25, 0.3) is 0 Å². The first-order valence-electron chi connectivity index (χ1n) is 17.9. The highest BCUT2D eigenvalue weighted by Gasteiger charge is 2.37. The first kappa shape index (κ1) is 29.7. The Morgan fingerprint density at radius 3 is 1.67 bits per heavy atom. The van der Waals surface area contributed by atoms with E-state index in [1.807, 2.05) is 0 Å². The zero-order chi connectivity index (χ0) is 34.1. The molecular formula is C51H36. The lowest BCUT2D eigenvalue weighted by molar-refractivity contribution is 0.660. The van der Waals surface area contributed by atoms with E-state index in [4.69, 9.17) is 0 Å². The van der Waals surface area contributed by atoms with Gasteiger partial charge in [0.05, 0.1) is 0 Å². The summed E-state index contributed by atoms with van der Waals surface area (Å²) in [5.74, 6) is 0. The van der Waals surface area contributed by atoms with Crippen molar-refractivity contribution in [2.75, 3.05) is 0 Å². The van der Waals surface area contributed by atoms with Crippen molar-refractivity contribution in [1.82, 2.24) is 0 Å². The van der Waals surface area contributed by atoms with Gasteiger partial charge in [-0.2, -0.15) is 0 Å². The van der Waals surface area contributed by atoms with Gasteiger partial charge in [0, 0.05) is 5.41 Å². The number of rotatable bonds is 4. The predicted molar refractivity (Wildman–Crippen MR) is 218 cm³/mol. The molecule has 9 aromatic carbocycles. The van der Waals surface area contributed by atoms with Crippen LogP contribution in [0.1, 0.15) is 25.0 Å². The Morgan fingerprint density at radius 1 is 0.294 bits per heavy atom. The lowest BCUT2D eigenvalue weighted by Crippen LogP contribution is -2.14. The quantitative estimate of drug-likeness (QED) is 0.167. The molecule has 0 saturated carbocycles. The Bertz CT molecular complexity index is 2800. The molecule has 0 radical (unpaired) electrons. The van der Waals surface area contributed by atoms with Crippen molar-refractivity contribution in [2.24, 2.45) is 0 Å². The van der Waals surface area contributed by atoms with Crippen molar-refractivity contribution >= 4 is 32.3 Å². The SMILES string of the molecule is CC1(C)c2ccccc2-c2c(-c3c4ccccc4c(-c4c(-c5ccccc5)ccc5ccccc45)c4ccc(-c5ccccc5)cc34)cccc21. The lowest BCUT2D eigenvalue weighted by Gasteiger charge is -2.24. The van der Waals surface area contributed by atoms with Crippen LogP contribution in [0.25, 0.3) is 88.0 Å². The molecule has 0 unspecified atom stereocenters. The fraction of sp³-hybridized carbons (Fsp3) is 0.0588. The van der Waals surface area contributed by atoms with Gasteiger partial charge < -0.3 is 0 Å². The van der Waals surface area contributed by atoms with E-state index < -0.39 is 0 Å². The van der Waals surface area contributed by atoms with Crippen LogP contribution in [0.15, 0.2) is 182 Å². The number of fused-ring (bicyclic) bond motifs is 6. The van der Waals surface area contributed by atoms with Gasteiger partial charge in [-0.3, -0.25) is 0 Å². The lowest BCUT2D eigenvalue weighted by atomic mass is 9.79. The largest absolute Gasteiger partial charge is 0.0622 e. The van der Waals surface area contributed by atoms with Crippen LogP contribution in [0.4, 0.5) is 0 Å². The van der Waals surface area contributed by atoms with Crippen molar-refractivity contribution in [1.29, 1.82) is 0 Å². The monoisotopic (exact) mass is 648 g/mol. The highest BCUT2D eigenvalue weighted by atomic mass is 14.4. The van der Waals surface area contributed by atoms with Gasteiger partial charge in [0.2, 0.25) is 0 Å². The fourth-order valence-corrected chi connectivity index (χ4v) is 8.91. The summed E-state index contributed by atoms with van der Waals surface area (Å²) in [6, 6.07) is 67.4. The third-order valence-electron chi connectivity index (χ3n) is 11.3. The summed E-state index contributed by atoms with van der Waals surface area (Å²) in [4.78, 5) is 0. The molecule has 0 bridgehead atoms. The highest BCUT2D eigenvalue weighted by Crippen LogP contribution is 2.55. The number of benzene rings is 9. The van der Waals surface area contributed by atoms with Gasteiger partial charge in [-0.05, 0) is 105 Å². The summed E-state index contributed by atoms with van der Waals surface area (Å²) < 4.78 is 0. The molecule has 0 atom stereocenters. The molecule has 0 heterocycles. The summed E-state index contributed by atoms with van der Waals surface area (Å²) in [5.41, 5.74) is 15.5. The van der Waals surface area contributed by atoms with Crippen LogP contribution in [0.3, 0.4) is 0 Å². The first-order chi connectivity index (χ1) is 25.1. The minimum absolute atomic E-state index is 0.0871. The molecule has 0 aliphatic heterocycles. The fourth-order valence-electron chi connectivity index (χ4n) is 8.91. The zero-order valence-corrected chi connectivity index (χ0v) is 28.8.